The van der Waals surface area contributed by atoms with Crippen molar-refractivity contribution in [2.24, 2.45) is 5.92 Å². The van der Waals surface area contributed by atoms with Crippen LogP contribution in [0.2, 0.25) is 5.02 Å². The Kier molecular flexibility index (Phi) is 6.75. The van der Waals surface area contributed by atoms with Gasteiger partial charge in [0.15, 0.2) is 0 Å². The Morgan fingerprint density at radius 3 is 2.74 bits per heavy atom. The summed E-state index contributed by atoms with van der Waals surface area (Å²) in [6.07, 6.45) is 6.83. The third-order valence-corrected chi connectivity index (χ3v) is 5.50. The summed E-state index contributed by atoms with van der Waals surface area (Å²) in [6.45, 7) is 2.59. The molecule has 0 spiro atoms. The van der Waals surface area contributed by atoms with E-state index in [0.29, 0.717) is 0 Å². The van der Waals surface area contributed by atoms with Gasteiger partial charge in [0.2, 0.25) is 5.91 Å². The fourth-order valence-corrected chi connectivity index (χ4v) is 4.10. The van der Waals surface area contributed by atoms with Gasteiger partial charge < -0.3 is 10.6 Å². The molecule has 2 aliphatic rings. The van der Waals surface area contributed by atoms with Gasteiger partial charge in [-0.15, -0.1) is 12.4 Å². The molecule has 1 heterocycles. The lowest BCUT2D eigenvalue weighted by molar-refractivity contribution is -0.125. The molecule has 0 bridgehead atoms. The smallest absolute Gasteiger partial charge is 0.224 e. The summed E-state index contributed by atoms with van der Waals surface area (Å²) >= 11 is 6.17. The number of halogens is 2. The molecule has 1 aromatic rings. The van der Waals surface area contributed by atoms with Crippen molar-refractivity contribution in [1.82, 2.24) is 10.6 Å². The van der Waals surface area contributed by atoms with Crippen LogP contribution in [0.15, 0.2) is 24.3 Å². The number of nitrogens with one attached hydrogen (secondary N) is 2. The first kappa shape index (κ1) is 18.6. The van der Waals surface area contributed by atoms with E-state index in [4.69, 9.17) is 11.6 Å². The number of amides is 1. The minimum Gasteiger partial charge on any atom is -0.355 e. The van der Waals surface area contributed by atoms with Crippen LogP contribution in [-0.2, 0) is 10.2 Å². The van der Waals surface area contributed by atoms with Gasteiger partial charge >= 0.3 is 0 Å². The lowest BCUT2D eigenvalue weighted by Gasteiger charge is -2.31. The van der Waals surface area contributed by atoms with Crippen molar-refractivity contribution >= 4 is 29.9 Å². The van der Waals surface area contributed by atoms with Gasteiger partial charge in [0, 0.05) is 23.5 Å². The summed E-state index contributed by atoms with van der Waals surface area (Å²) in [4.78, 5) is 12.4. The Balaban J connectivity index is 0.00000192. The predicted molar refractivity (Wildman–Crippen MR) is 97.4 cm³/mol. The highest BCUT2D eigenvalue weighted by Crippen LogP contribution is 2.41. The fraction of sp³-hybridized carbons (Fsp3) is 0.611. The van der Waals surface area contributed by atoms with Crippen LogP contribution in [0.4, 0.5) is 0 Å². The van der Waals surface area contributed by atoms with Crippen molar-refractivity contribution in [1.29, 1.82) is 0 Å². The van der Waals surface area contributed by atoms with Crippen molar-refractivity contribution in [3.63, 3.8) is 0 Å². The molecule has 2 fully saturated rings. The van der Waals surface area contributed by atoms with Crippen LogP contribution in [0.1, 0.15) is 44.1 Å². The lowest BCUT2D eigenvalue weighted by atomic mass is 9.78. The second-order valence-electron chi connectivity index (χ2n) is 6.76. The molecule has 0 aromatic heterocycles. The first-order chi connectivity index (χ1) is 10.7. The number of hydrogen-bond donors (Lipinski definition) is 2. The monoisotopic (exact) mass is 356 g/mol. The highest BCUT2D eigenvalue weighted by atomic mass is 35.5. The van der Waals surface area contributed by atoms with Gasteiger partial charge in [-0.05, 0) is 49.9 Å². The number of carbonyl (C=O) groups excluding carboxylic acids is 1. The average molecular weight is 357 g/mol. The highest BCUT2D eigenvalue weighted by Gasteiger charge is 2.36. The second-order valence-corrected chi connectivity index (χ2v) is 7.20. The maximum Gasteiger partial charge on any atom is 0.224 e. The van der Waals surface area contributed by atoms with E-state index in [1.54, 1.807) is 0 Å². The standard InChI is InChI=1S/C18H25ClN2O.ClH/c19-16-7-3-6-15(11-16)18(8-1-2-9-18)13-21-17(22)14-5-4-10-20-12-14;/h3,6-7,11,14,20H,1-2,4-5,8-10,12-13H2,(H,21,22);1H. The minimum absolute atomic E-state index is 0. The number of benzene rings is 1. The first-order valence-corrected chi connectivity index (χ1v) is 8.82. The van der Waals surface area contributed by atoms with E-state index in [-0.39, 0.29) is 29.6 Å². The SMILES string of the molecule is Cl.O=C(NCC1(c2cccc(Cl)c2)CCCC1)C1CCCNC1. The van der Waals surface area contributed by atoms with E-state index in [1.165, 1.54) is 18.4 Å². The van der Waals surface area contributed by atoms with Gasteiger partial charge in [-0.25, -0.2) is 0 Å². The number of hydrogen-bond acceptors (Lipinski definition) is 2. The maximum atomic E-state index is 12.4. The average Bonchev–Trinajstić information content (AvgIpc) is 3.04. The van der Waals surface area contributed by atoms with Crippen LogP contribution in [0.5, 0.6) is 0 Å². The number of piperidine rings is 1. The van der Waals surface area contributed by atoms with Gasteiger partial charge in [-0.3, -0.25) is 4.79 Å². The van der Waals surface area contributed by atoms with Gasteiger partial charge in [0.05, 0.1) is 5.92 Å². The third kappa shape index (κ3) is 4.40. The van der Waals surface area contributed by atoms with E-state index in [2.05, 4.69) is 22.8 Å². The summed E-state index contributed by atoms with van der Waals surface area (Å²) < 4.78 is 0. The quantitative estimate of drug-likeness (QED) is 0.863. The molecule has 1 aliphatic carbocycles. The summed E-state index contributed by atoms with van der Waals surface area (Å²) in [5.41, 5.74) is 1.35. The first-order valence-electron chi connectivity index (χ1n) is 8.44. The summed E-state index contributed by atoms with van der Waals surface area (Å²) in [5, 5.41) is 7.33. The van der Waals surface area contributed by atoms with Crippen LogP contribution in [-0.4, -0.2) is 25.5 Å². The number of rotatable bonds is 4. The zero-order chi connectivity index (χ0) is 15.4. The molecule has 3 nitrogen and oxygen atoms in total. The van der Waals surface area contributed by atoms with E-state index < -0.39 is 0 Å². The van der Waals surface area contributed by atoms with E-state index in [9.17, 15) is 4.79 Å². The molecule has 1 atom stereocenters. The molecule has 1 unspecified atom stereocenters. The lowest BCUT2D eigenvalue weighted by Crippen LogP contribution is -2.45. The normalized spacial score (nSPS) is 23.1. The fourth-order valence-electron chi connectivity index (χ4n) is 3.91. The van der Waals surface area contributed by atoms with Crippen molar-refractivity contribution in [2.75, 3.05) is 19.6 Å². The van der Waals surface area contributed by atoms with Gasteiger partial charge in [0.1, 0.15) is 0 Å². The van der Waals surface area contributed by atoms with Crippen molar-refractivity contribution in [3.05, 3.63) is 34.9 Å². The topological polar surface area (TPSA) is 41.1 Å². The van der Waals surface area contributed by atoms with E-state index >= 15 is 0 Å². The summed E-state index contributed by atoms with van der Waals surface area (Å²) in [6, 6.07) is 8.16. The van der Waals surface area contributed by atoms with Gasteiger partial charge in [-0.2, -0.15) is 0 Å². The Hall–Kier alpha value is -0.770. The van der Waals surface area contributed by atoms with Crippen molar-refractivity contribution in [2.45, 2.75) is 43.9 Å². The van der Waals surface area contributed by atoms with Crippen LogP contribution in [0.3, 0.4) is 0 Å². The van der Waals surface area contributed by atoms with Crippen LogP contribution < -0.4 is 10.6 Å². The van der Waals surface area contributed by atoms with Crippen molar-refractivity contribution < 1.29 is 4.79 Å². The highest BCUT2D eigenvalue weighted by molar-refractivity contribution is 6.30. The molecule has 1 saturated heterocycles. The molecule has 2 N–H and O–H groups in total. The van der Waals surface area contributed by atoms with Crippen LogP contribution in [0, 0.1) is 5.92 Å². The molecule has 5 heteroatoms. The Bertz CT molecular complexity index is 524. The molecule has 1 aliphatic heterocycles. The Morgan fingerprint density at radius 1 is 1.30 bits per heavy atom. The van der Waals surface area contributed by atoms with Crippen LogP contribution in [0.25, 0.3) is 0 Å². The second kappa shape index (κ2) is 8.36. The largest absolute Gasteiger partial charge is 0.355 e. The molecule has 23 heavy (non-hydrogen) atoms. The van der Waals surface area contributed by atoms with E-state index in [0.717, 1.165) is 50.3 Å². The summed E-state index contributed by atoms with van der Waals surface area (Å²) in [5.74, 6) is 0.340. The third-order valence-electron chi connectivity index (χ3n) is 5.27. The molecule has 0 radical (unpaired) electrons. The zero-order valence-corrected chi connectivity index (χ0v) is 15.0. The minimum atomic E-state index is 0. The van der Waals surface area contributed by atoms with Gasteiger partial charge in [0.25, 0.3) is 0 Å². The Labute approximate surface area is 150 Å². The molecule has 1 amide bonds. The van der Waals surface area contributed by atoms with Crippen molar-refractivity contribution in [3.8, 4) is 0 Å². The van der Waals surface area contributed by atoms with Crippen LogP contribution >= 0.6 is 24.0 Å². The number of carbonyl (C=O) groups is 1. The molecular weight excluding hydrogens is 331 g/mol. The molecule has 1 saturated carbocycles. The maximum absolute atomic E-state index is 12.4. The zero-order valence-electron chi connectivity index (χ0n) is 13.4. The summed E-state index contributed by atoms with van der Waals surface area (Å²) in [7, 11) is 0. The molecular formula is C18H26Cl2N2O. The van der Waals surface area contributed by atoms with Gasteiger partial charge in [-0.1, -0.05) is 36.6 Å². The predicted octanol–water partition coefficient (Wildman–Crippen LogP) is 3.69. The molecule has 128 valence electrons. The molecule has 3 rings (SSSR count). The Morgan fingerprint density at radius 2 is 2.09 bits per heavy atom. The van der Waals surface area contributed by atoms with E-state index in [1.807, 2.05) is 12.1 Å². The molecule has 1 aromatic carbocycles.